The molecule has 1 fully saturated rings. The summed E-state index contributed by atoms with van der Waals surface area (Å²) in [5.41, 5.74) is 2.61. The molecular weight excluding hydrogens is 198 g/mol. The number of hydrogen-bond donors (Lipinski definition) is 1. The Balaban J connectivity index is 2.10. The molecule has 1 aromatic rings. The van der Waals surface area contributed by atoms with Crippen LogP contribution in [0.15, 0.2) is 18.2 Å². The molecule has 1 aromatic carbocycles. The molecule has 0 unspecified atom stereocenters. The molecule has 1 heterocycles. The van der Waals surface area contributed by atoms with Crippen LogP contribution in [0.3, 0.4) is 0 Å². The molecule has 1 N–H and O–H groups in total. The monoisotopic (exact) mass is 219 g/mol. The average molecular weight is 219 g/mol. The highest BCUT2D eigenvalue weighted by atomic mass is 16.5. The van der Waals surface area contributed by atoms with Crippen LogP contribution in [0.25, 0.3) is 0 Å². The first-order valence-electron chi connectivity index (χ1n) is 6.14. The molecule has 0 bridgehead atoms. The van der Waals surface area contributed by atoms with Gasteiger partial charge in [0.1, 0.15) is 5.75 Å². The van der Waals surface area contributed by atoms with Gasteiger partial charge in [-0.05, 0) is 56.3 Å². The van der Waals surface area contributed by atoms with Crippen LogP contribution in [-0.4, -0.2) is 20.2 Å². The maximum atomic E-state index is 5.50. The SMILES string of the molecule is COc1c(C)cccc1CC1CCNCC1. The maximum absolute atomic E-state index is 5.50. The van der Waals surface area contributed by atoms with Gasteiger partial charge in [0.25, 0.3) is 0 Å². The summed E-state index contributed by atoms with van der Waals surface area (Å²) < 4.78 is 5.50. The Morgan fingerprint density at radius 2 is 2.06 bits per heavy atom. The van der Waals surface area contributed by atoms with Crippen LogP contribution < -0.4 is 10.1 Å². The first kappa shape index (κ1) is 11.5. The van der Waals surface area contributed by atoms with Crippen LogP contribution >= 0.6 is 0 Å². The van der Waals surface area contributed by atoms with Crippen molar-refractivity contribution in [3.8, 4) is 5.75 Å². The summed E-state index contributed by atoms with van der Waals surface area (Å²) in [6.07, 6.45) is 3.74. The summed E-state index contributed by atoms with van der Waals surface area (Å²) in [5.74, 6) is 1.90. The van der Waals surface area contributed by atoms with Crippen molar-refractivity contribution >= 4 is 0 Å². The van der Waals surface area contributed by atoms with E-state index in [1.807, 2.05) is 0 Å². The van der Waals surface area contributed by atoms with E-state index < -0.39 is 0 Å². The highest BCUT2D eigenvalue weighted by Gasteiger charge is 2.16. The second kappa shape index (κ2) is 5.35. The number of nitrogens with one attached hydrogen (secondary N) is 1. The van der Waals surface area contributed by atoms with Crippen LogP contribution in [0.4, 0.5) is 0 Å². The Morgan fingerprint density at radius 3 is 2.75 bits per heavy atom. The molecule has 0 aliphatic carbocycles. The fourth-order valence-electron chi connectivity index (χ4n) is 2.56. The number of methoxy groups -OCH3 is 1. The van der Waals surface area contributed by atoms with E-state index in [2.05, 4.69) is 30.4 Å². The van der Waals surface area contributed by atoms with Crippen molar-refractivity contribution < 1.29 is 4.74 Å². The number of rotatable bonds is 3. The molecule has 2 heteroatoms. The summed E-state index contributed by atoms with van der Waals surface area (Å²) in [5, 5.41) is 3.41. The maximum Gasteiger partial charge on any atom is 0.124 e. The minimum absolute atomic E-state index is 0.817. The lowest BCUT2D eigenvalue weighted by Crippen LogP contribution is -2.28. The van der Waals surface area contributed by atoms with Crippen molar-refractivity contribution in [3.05, 3.63) is 29.3 Å². The quantitative estimate of drug-likeness (QED) is 0.843. The predicted molar refractivity (Wildman–Crippen MR) is 67.0 cm³/mol. The predicted octanol–water partition coefficient (Wildman–Crippen LogP) is 2.55. The third-order valence-electron chi connectivity index (χ3n) is 3.46. The molecule has 0 atom stereocenters. The van der Waals surface area contributed by atoms with Crippen molar-refractivity contribution in [2.75, 3.05) is 20.2 Å². The van der Waals surface area contributed by atoms with Gasteiger partial charge in [-0.2, -0.15) is 0 Å². The lowest BCUT2D eigenvalue weighted by Gasteiger charge is -2.23. The van der Waals surface area contributed by atoms with Crippen molar-refractivity contribution in [1.82, 2.24) is 5.32 Å². The number of piperidine rings is 1. The Kier molecular flexibility index (Phi) is 3.83. The van der Waals surface area contributed by atoms with E-state index in [4.69, 9.17) is 4.74 Å². The zero-order valence-electron chi connectivity index (χ0n) is 10.3. The second-order valence-electron chi connectivity index (χ2n) is 4.66. The van der Waals surface area contributed by atoms with E-state index in [-0.39, 0.29) is 0 Å². The van der Waals surface area contributed by atoms with Gasteiger partial charge in [0, 0.05) is 0 Å². The van der Waals surface area contributed by atoms with E-state index >= 15 is 0 Å². The normalized spacial score (nSPS) is 17.4. The molecule has 88 valence electrons. The summed E-state index contributed by atoms with van der Waals surface area (Å²) in [6, 6.07) is 6.45. The summed E-state index contributed by atoms with van der Waals surface area (Å²) in [6.45, 7) is 4.45. The Labute approximate surface area is 98.0 Å². The molecular formula is C14H21NO. The Hall–Kier alpha value is -1.02. The zero-order chi connectivity index (χ0) is 11.4. The van der Waals surface area contributed by atoms with Gasteiger partial charge in [-0.1, -0.05) is 18.2 Å². The number of aryl methyl sites for hydroxylation is 1. The zero-order valence-corrected chi connectivity index (χ0v) is 10.3. The topological polar surface area (TPSA) is 21.3 Å². The highest BCUT2D eigenvalue weighted by Crippen LogP contribution is 2.27. The van der Waals surface area contributed by atoms with Gasteiger partial charge in [-0.3, -0.25) is 0 Å². The molecule has 1 aliphatic rings. The van der Waals surface area contributed by atoms with E-state index in [0.717, 1.165) is 18.1 Å². The van der Waals surface area contributed by atoms with E-state index in [1.54, 1.807) is 7.11 Å². The average Bonchev–Trinajstić information content (AvgIpc) is 2.31. The number of hydrogen-bond acceptors (Lipinski definition) is 2. The van der Waals surface area contributed by atoms with E-state index in [0.29, 0.717) is 0 Å². The summed E-state index contributed by atoms with van der Waals surface area (Å²) >= 11 is 0. The number of para-hydroxylation sites is 1. The second-order valence-corrected chi connectivity index (χ2v) is 4.66. The molecule has 2 nitrogen and oxygen atoms in total. The summed E-state index contributed by atoms with van der Waals surface area (Å²) in [4.78, 5) is 0. The van der Waals surface area contributed by atoms with E-state index in [9.17, 15) is 0 Å². The van der Waals surface area contributed by atoms with Gasteiger partial charge in [-0.15, -0.1) is 0 Å². The first-order valence-corrected chi connectivity index (χ1v) is 6.14. The Morgan fingerprint density at radius 1 is 1.31 bits per heavy atom. The van der Waals surface area contributed by atoms with Gasteiger partial charge < -0.3 is 10.1 Å². The van der Waals surface area contributed by atoms with Gasteiger partial charge in [0.2, 0.25) is 0 Å². The lowest BCUT2D eigenvalue weighted by molar-refractivity contribution is 0.360. The van der Waals surface area contributed by atoms with Gasteiger partial charge in [0.15, 0.2) is 0 Å². The van der Waals surface area contributed by atoms with Gasteiger partial charge in [0.05, 0.1) is 7.11 Å². The van der Waals surface area contributed by atoms with Crippen LogP contribution in [0, 0.1) is 12.8 Å². The molecule has 0 amide bonds. The summed E-state index contributed by atoms with van der Waals surface area (Å²) in [7, 11) is 1.77. The molecule has 0 radical (unpaired) electrons. The number of ether oxygens (including phenoxy) is 1. The largest absolute Gasteiger partial charge is 0.496 e. The van der Waals surface area contributed by atoms with Crippen LogP contribution in [0.2, 0.25) is 0 Å². The fourth-order valence-corrected chi connectivity index (χ4v) is 2.56. The van der Waals surface area contributed by atoms with E-state index in [1.165, 1.54) is 37.1 Å². The smallest absolute Gasteiger partial charge is 0.124 e. The molecule has 1 aliphatic heterocycles. The van der Waals surface area contributed by atoms with Crippen LogP contribution in [0.1, 0.15) is 24.0 Å². The van der Waals surface area contributed by atoms with Gasteiger partial charge in [-0.25, -0.2) is 0 Å². The fraction of sp³-hybridized carbons (Fsp3) is 0.571. The minimum Gasteiger partial charge on any atom is -0.496 e. The van der Waals surface area contributed by atoms with Crippen LogP contribution in [0.5, 0.6) is 5.75 Å². The third kappa shape index (κ3) is 2.56. The van der Waals surface area contributed by atoms with Gasteiger partial charge >= 0.3 is 0 Å². The van der Waals surface area contributed by atoms with Crippen LogP contribution in [-0.2, 0) is 6.42 Å². The molecule has 1 saturated heterocycles. The van der Waals surface area contributed by atoms with Crippen molar-refractivity contribution in [3.63, 3.8) is 0 Å². The first-order chi connectivity index (χ1) is 7.81. The van der Waals surface area contributed by atoms with Crippen molar-refractivity contribution in [2.24, 2.45) is 5.92 Å². The minimum atomic E-state index is 0.817. The molecule has 2 rings (SSSR count). The molecule has 16 heavy (non-hydrogen) atoms. The molecule has 0 spiro atoms. The standard InChI is InChI=1S/C14H21NO/c1-11-4-3-5-13(14(11)16-2)10-12-6-8-15-9-7-12/h3-5,12,15H,6-10H2,1-2H3. The molecule has 0 saturated carbocycles. The lowest BCUT2D eigenvalue weighted by atomic mass is 9.90. The highest BCUT2D eigenvalue weighted by molar-refractivity contribution is 5.40. The molecule has 0 aromatic heterocycles. The number of benzene rings is 1. The Bertz CT molecular complexity index is 343. The third-order valence-corrected chi connectivity index (χ3v) is 3.46. The van der Waals surface area contributed by atoms with Crippen molar-refractivity contribution in [2.45, 2.75) is 26.2 Å². The van der Waals surface area contributed by atoms with Crippen molar-refractivity contribution in [1.29, 1.82) is 0 Å².